The Bertz CT molecular complexity index is 1100. The fraction of sp³-hybridized carbons (Fsp3) is 0.458. The van der Waals surface area contributed by atoms with E-state index >= 15 is 0 Å². The van der Waals surface area contributed by atoms with Crippen molar-refractivity contribution in [2.24, 2.45) is 0 Å². The van der Waals surface area contributed by atoms with Gasteiger partial charge in [0.2, 0.25) is 5.91 Å². The van der Waals surface area contributed by atoms with Gasteiger partial charge in [0.1, 0.15) is 24.0 Å². The minimum atomic E-state index is -1.06. The van der Waals surface area contributed by atoms with Crippen LogP contribution in [-0.4, -0.2) is 62.7 Å². The normalized spacial score (nSPS) is 19.0. The van der Waals surface area contributed by atoms with Crippen molar-refractivity contribution in [2.75, 3.05) is 31.6 Å². The molecule has 1 N–H and O–H groups in total. The molecule has 0 unspecified atom stereocenters. The number of rotatable bonds is 6. The molecule has 2 aromatic heterocycles. The first kappa shape index (κ1) is 22.2. The summed E-state index contributed by atoms with van der Waals surface area (Å²) in [7, 11) is 1.73. The predicted molar refractivity (Wildman–Crippen MR) is 122 cm³/mol. The van der Waals surface area contributed by atoms with E-state index in [1.54, 1.807) is 18.0 Å². The standard InChI is InChI=1S/C24H30FN5O2/c1-17(2)23-27-19-7-4-5-8-20(19)30(23)14-22(31)28(3)15-24(32)11-6-12-29(16-24)21-10-9-18(25)13-26-21/h4-5,7-10,13,17,32H,6,11-12,14-16H2,1-3H3/t24-/m1/s1. The van der Waals surface area contributed by atoms with Gasteiger partial charge in [-0.05, 0) is 37.1 Å². The second-order valence-electron chi connectivity index (χ2n) is 9.03. The minimum absolute atomic E-state index is 0.0829. The van der Waals surface area contributed by atoms with Crippen LogP contribution in [-0.2, 0) is 11.3 Å². The lowest BCUT2D eigenvalue weighted by molar-refractivity contribution is -0.134. The van der Waals surface area contributed by atoms with Crippen LogP contribution >= 0.6 is 0 Å². The molecule has 0 radical (unpaired) electrons. The topological polar surface area (TPSA) is 74.5 Å². The summed E-state index contributed by atoms with van der Waals surface area (Å²) in [5.41, 5.74) is 0.749. The number of imidazole rings is 1. The highest BCUT2D eigenvalue weighted by Crippen LogP contribution is 2.26. The number of anilines is 1. The Kier molecular flexibility index (Phi) is 6.15. The number of hydrogen-bond donors (Lipinski definition) is 1. The minimum Gasteiger partial charge on any atom is -0.386 e. The molecule has 8 heteroatoms. The lowest BCUT2D eigenvalue weighted by atomic mass is 9.92. The highest BCUT2D eigenvalue weighted by molar-refractivity contribution is 5.81. The Morgan fingerprint density at radius 2 is 2.06 bits per heavy atom. The molecule has 0 aliphatic carbocycles. The maximum Gasteiger partial charge on any atom is 0.242 e. The molecule has 0 bridgehead atoms. The summed E-state index contributed by atoms with van der Waals surface area (Å²) < 4.78 is 15.2. The van der Waals surface area contributed by atoms with Crippen molar-refractivity contribution < 1.29 is 14.3 Å². The average molecular weight is 440 g/mol. The number of pyridine rings is 1. The summed E-state index contributed by atoms with van der Waals surface area (Å²) in [4.78, 5) is 25.5. The van der Waals surface area contributed by atoms with Crippen LogP contribution in [0.3, 0.4) is 0 Å². The molecule has 7 nitrogen and oxygen atoms in total. The van der Waals surface area contributed by atoms with Crippen LogP contribution in [0.4, 0.5) is 10.2 Å². The number of hydrogen-bond acceptors (Lipinski definition) is 5. The molecule has 1 aliphatic rings. The summed E-state index contributed by atoms with van der Waals surface area (Å²) in [5.74, 6) is 1.21. The lowest BCUT2D eigenvalue weighted by Gasteiger charge is -2.41. The molecule has 1 amide bonds. The van der Waals surface area contributed by atoms with Crippen molar-refractivity contribution in [1.82, 2.24) is 19.4 Å². The van der Waals surface area contributed by atoms with E-state index in [1.807, 2.05) is 33.7 Å². The molecule has 3 heterocycles. The molecular formula is C24H30FN5O2. The van der Waals surface area contributed by atoms with E-state index in [9.17, 15) is 14.3 Å². The van der Waals surface area contributed by atoms with E-state index in [-0.39, 0.29) is 30.7 Å². The number of para-hydroxylation sites is 2. The van der Waals surface area contributed by atoms with Crippen LogP contribution in [0.25, 0.3) is 11.0 Å². The van der Waals surface area contributed by atoms with Gasteiger partial charge in [-0.2, -0.15) is 0 Å². The van der Waals surface area contributed by atoms with E-state index in [4.69, 9.17) is 4.98 Å². The Balaban J connectivity index is 1.47. The van der Waals surface area contributed by atoms with E-state index in [0.29, 0.717) is 18.8 Å². The number of piperidine rings is 1. The Labute approximate surface area is 187 Å². The fourth-order valence-corrected chi connectivity index (χ4v) is 4.48. The number of benzene rings is 1. The van der Waals surface area contributed by atoms with Gasteiger partial charge in [-0.3, -0.25) is 4.79 Å². The molecule has 32 heavy (non-hydrogen) atoms. The first-order valence-electron chi connectivity index (χ1n) is 11.0. The van der Waals surface area contributed by atoms with Gasteiger partial charge in [-0.1, -0.05) is 26.0 Å². The molecule has 0 saturated carbocycles. The maximum absolute atomic E-state index is 13.2. The fourth-order valence-electron chi connectivity index (χ4n) is 4.48. The molecule has 170 valence electrons. The maximum atomic E-state index is 13.2. The van der Waals surface area contributed by atoms with Gasteiger partial charge in [0.05, 0.1) is 29.4 Å². The lowest BCUT2D eigenvalue weighted by Crippen LogP contribution is -2.55. The van der Waals surface area contributed by atoms with Gasteiger partial charge in [0, 0.05) is 26.1 Å². The quantitative estimate of drug-likeness (QED) is 0.639. The second-order valence-corrected chi connectivity index (χ2v) is 9.03. The number of carbonyl (C=O) groups excluding carboxylic acids is 1. The number of β-amino-alcohol motifs (C(OH)–C–C–N with tert-alkyl or cyclic N) is 1. The molecule has 4 rings (SSSR count). The van der Waals surface area contributed by atoms with Crippen LogP contribution in [0.5, 0.6) is 0 Å². The van der Waals surface area contributed by atoms with E-state index in [0.717, 1.165) is 29.8 Å². The second kappa shape index (κ2) is 8.86. The van der Waals surface area contributed by atoms with Gasteiger partial charge >= 0.3 is 0 Å². The summed E-state index contributed by atoms with van der Waals surface area (Å²) in [6.07, 6.45) is 2.54. The summed E-state index contributed by atoms with van der Waals surface area (Å²) in [6.45, 7) is 5.59. The molecule has 1 saturated heterocycles. The molecule has 3 aromatic rings. The zero-order chi connectivity index (χ0) is 22.9. The van der Waals surface area contributed by atoms with Crippen molar-refractivity contribution in [3.8, 4) is 0 Å². The highest BCUT2D eigenvalue weighted by atomic mass is 19.1. The van der Waals surface area contributed by atoms with Gasteiger partial charge in [-0.15, -0.1) is 0 Å². The van der Waals surface area contributed by atoms with Gasteiger partial charge in [0.15, 0.2) is 0 Å². The predicted octanol–water partition coefficient (Wildman–Crippen LogP) is 3.18. The molecule has 1 atom stereocenters. The number of amides is 1. The van der Waals surface area contributed by atoms with Crippen molar-refractivity contribution >= 4 is 22.8 Å². The Hall–Kier alpha value is -3.00. The van der Waals surface area contributed by atoms with Crippen LogP contribution in [0.1, 0.15) is 38.4 Å². The number of carbonyl (C=O) groups is 1. The number of nitrogens with zero attached hydrogens (tertiary/aromatic N) is 5. The van der Waals surface area contributed by atoms with Crippen molar-refractivity contribution in [2.45, 2.75) is 44.8 Å². The third-order valence-corrected chi connectivity index (χ3v) is 6.04. The Morgan fingerprint density at radius 3 is 2.78 bits per heavy atom. The number of likely N-dealkylation sites (N-methyl/N-ethyl adjacent to an activating group) is 1. The summed E-state index contributed by atoms with van der Waals surface area (Å²) in [6, 6.07) is 10.8. The monoisotopic (exact) mass is 439 g/mol. The van der Waals surface area contributed by atoms with E-state index in [1.165, 1.54) is 12.3 Å². The number of halogens is 1. The Morgan fingerprint density at radius 1 is 1.28 bits per heavy atom. The van der Waals surface area contributed by atoms with Crippen LogP contribution in [0, 0.1) is 5.82 Å². The molecule has 1 aliphatic heterocycles. The number of fused-ring (bicyclic) bond motifs is 1. The van der Waals surface area contributed by atoms with E-state index in [2.05, 4.69) is 18.8 Å². The first-order chi connectivity index (χ1) is 15.3. The van der Waals surface area contributed by atoms with E-state index < -0.39 is 5.60 Å². The third-order valence-electron chi connectivity index (χ3n) is 6.04. The summed E-state index contributed by atoms with van der Waals surface area (Å²) >= 11 is 0. The zero-order valence-electron chi connectivity index (χ0n) is 18.8. The van der Waals surface area contributed by atoms with Crippen LogP contribution in [0.2, 0.25) is 0 Å². The van der Waals surface area contributed by atoms with Crippen molar-refractivity contribution in [1.29, 1.82) is 0 Å². The van der Waals surface area contributed by atoms with Crippen LogP contribution in [0.15, 0.2) is 42.6 Å². The average Bonchev–Trinajstić information content (AvgIpc) is 3.13. The smallest absolute Gasteiger partial charge is 0.242 e. The van der Waals surface area contributed by atoms with Crippen molar-refractivity contribution in [3.05, 3.63) is 54.2 Å². The van der Waals surface area contributed by atoms with Gasteiger partial charge in [0.25, 0.3) is 0 Å². The number of aromatic nitrogens is 3. The van der Waals surface area contributed by atoms with Gasteiger partial charge in [-0.25, -0.2) is 14.4 Å². The largest absolute Gasteiger partial charge is 0.386 e. The first-order valence-corrected chi connectivity index (χ1v) is 11.0. The molecule has 0 spiro atoms. The molecule has 1 fully saturated rings. The van der Waals surface area contributed by atoms with Crippen LogP contribution < -0.4 is 4.90 Å². The molecule has 1 aromatic carbocycles. The number of aliphatic hydroxyl groups is 1. The van der Waals surface area contributed by atoms with Crippen molar-refractivity contribution in [3.63, 3.8) is 0 Å². The third kappa shape index (κ3) is 4.60. The summed E-state index contributed by atoms with van der Waals surface area (Å²) in [5, 5.41) is 11.3. The highest BCUT2D eigenvalue weighted by Gasteiger charge is 2.36. The molecular weight excluding hydrogens is 409 g/mol. The SMILES string of the molecule is CC(C)c1nc2ccccc2n1CC(=O)N(C)C[C@]1(O)CCCN(c2ccc(F)cn2)C1. The van der Waals surface area contributed by atoms with Gasteiger partial charge < -0.3 is 19.5 Å². The zero-order valence-corrected chi connectivity index (χ0v) is 18.8.